The third-order valence-electron chi connectivity index (χ3n) is 3.32. The number of amides is 1. The third-order valence-corrected chi connectivity index (χ3v) is 5.74. The maximum absolute atomic E-state index is 12.2. The second kappa shape index (κ2) is 5.34. The van der Waals surface area contributed by atoms with Gasteiger partial charge in [-0.1, -0.05) is 0 Å². The molecule has 0 aromatic heterocycles. The number of nitrogens with zero attached hydrogens (tertiary/aromatic N) is 1. The highest BCUT2D eigenvalue weighted by molar-refractivity contribution is 7.92. The van der Waals surface area contributed by atoms with E-state index in [1.807, 2.05) is 0 Å². The van der Waals surface area contributed by atoms with Gasteiger partial charge >= 0.3 is 11.9 Å². The summed E-state index contributed by atoms with van der Waals surface area (Å²) >= 11 is 3.93. The standard InChI is InChI=1S/C11H13NO7S2/c1-5(13)19-2-6-4-21(17,18)10-7(3-20)9(14)12(10)8(6)11(15)16/h7,10,20H,2-4H2,1H3,(H,15,16)/t7-,10+/m0/s1. The van der Waals surface area contributed by atoms with Gasteiger partial charge in [0.25, 0.3) is 0 Å². The van der Waals surface area contributed by atoms with Crippen molar-refractivity contribution in [1.82, 2.24) is 4.90 Å². The number of rotatable bonds is 4. The van der Waals surface area contributed by atoms with Crippen molar-refractivity contribution in [3.8, 4) is 0 Å². The number of hydrogen-bond donors (Lipinski definition) is 2. The van der Waals surface area contributed by atoms with Crippen LogP contribution >= 0.6 is 12.6 Å². The topological polar surface area (TPSA) is 118 Å². The minimum absolute atomic E-state index is 0.0193. The molecule has 0 unspecified atom stereocenters. The average Bonchev–Trinajstić information content (AvgIpc) is 2.36. The second-order valence-corrected chi connectivity index (χ2v) is 7.20. The Bertz CT molecular complexity index is 651. The zero-order valence-electron chi connectivity index (χ0n) is 11.0. The van der Waals surface area contributed by atoms with Gasteiger partial charge in [0.2, 0.25) is 5.91 Å². The molecule has 1 N–H and O–H groups in total. The average molecular weight is 335 g/mol. The van der Waals surface area contributed by atoms with Gasteiger partial charge in [0.05, 0.1) is 11.7 Å². The molecular weight excluding hydrogens is 322 g/mol. The van der Waals surface area contributed by atoms with Gasteiger partial charge in [-0.25, -0.2) is 13.2 Å². The fourth-order valence-corrected chi connectivity index (χ4v) is 5.08. The summed E-state index contributed by atoms with van der Waals surface area (Å²) in [4.78, 5) is 34.8. The van der Waals surface area contributed by atoms with E-state index in [9.17, 15) is 27.9 Å². The highest BCUT2D eigenvalue weighted by atomic mass is 32.2. The molecule has 2 aliphatic heterocycles. The van der Waals surface area contributed by atoms with Crippen LogP contribution in [0.4, 0.5) is 0 Å². The lowest BCUT2D eigenvalue weighted by molar-refractivity contribution is -0.151. The zero-order valence-corrected chi connectivity index (χ0v) is 12.7. The molecule has 1 saturated heterocycles. The summed E-state index contributed by atoms with van der Waals surface area (Å²) in [5.74, 6) is -4.08. The molecule has 21 heavy (non-hydrogen) atoms. The number of aliphatic carboxylic acids is 1. The Balaban J connectivity index is 2.46. The summed E-state index contributed by atoms with van der Waals surface area (Å²) in [5, 5.41) is 8.04. The molecular formula is C11H13NO7S2. The maximum atomic E-state index is 12.2. The summed E-state index contributed by atoms with van der Waals surface area (Å²) in [6.45, 7) is 0.644. The minimum Gasteiger partial charge on any atom is -0.477 e. The highest BCUT2D eigenvalue weighted by Gasteiger charge is 2.59. The van der Waals surface area contributed by atoms with Crippen molar-refractivity contribution < 1.29 is 32.6 Å². The van der Waals surface area contributed by atoms with Gasteiger partial charge in [-0.15, -0.1) is 0 Å². The molecule has 2 rings (SSSR count). The normalized spacial score (nSPS) is 27.0. The lowest BCUT2D eigenvalue weighted by atomic mass is 9.97. The fourth-order valence-electron chi connectivity index (χ4n) is 2.46. The summed E-state index contributed by atoms with van der Waals surface area (Å²) in [5.41, 5.74) is -0.529. The molecule has 10 heteroatoms. The van der Waals surface area contributed by atoms with Crippen LogP contribution in [0.3, 0.4) is 0 Å². The number of β-lactam (4-membered cyclic amide) rings is 1. The van der Waals surface area contributed by atoms with Gasteiger partial charge in [0, 0.05) is 18.2 Å². The van der Waals surface area contributed by atoms with Crippen LogP contribution in [0.15, 0.2) is 11.3 Å². The van der Waals surface area contributed by atoms with Crippen molar-refractivity contribution >= 4 is 40.3 Å². The molecule has 2 heterocycles. The lowest BCUT2D eigenvalue weighted by Crippen LogP contribution is -2.67. The number of thiol groups is 1. The molecule has 0 radical (unpaired) electrons. The Morgan fingerprint density at radius 1 is 1.48 bits per heavy atom. The Morgan fingerprint density at radius 3 is 2.57 bits per heavy atom. The van der Waals surface area contributed by atoms with Crippen LogP contribution in [0, 0.1) is 5.92 Å². The number of sulfone groups is 1. The van der Waals surface area contributed by atoms with Crippen molar-refractivity contribution in [1.29, 1.82) is 0 Å². The van der Waals surface area contributed by atoms with E-state index in [1.165, 1.54) is 0 Å². The smallest absolute Gasteiger partial charge is 0.352 e. The first kappa shape index (κ1) is 15.8. The largest absolute Gasteiger partial charge is 0.477 e. The number of fused-ring (bicyclic) bond motifs is 1. The molecule has 1 fully saturated rings. The molecule has 0 aliphatic carbocycles. The molecule has 0 bridgehead atoms. The monoisotopic (exact) mass is 335 g/mol. The predicted octanol–water partition coefficient (Wildman–Crippen LogP) is -0.969. The maximum Gasteiger partial charge on any atom is 0.352 e. The van der Waals surface area contributed by atoms with Gasteiger partial charge < -0.3 is 9.84 Å². The molecule has 1 amide bonds. The van der Waals surface area contributed by atoms with Crippen molar-refractivity contribution in [2.45, 2.75) is 12.3 Å². The molecule has 0 spiro atoms. The Hall–Kier alpha value is -1.55. The van der Waals surface area contributed by atoms with Crippen molar-refractivity contribution in [2.75, 3.05) is 18.1 Å². The van der Waals surface area contributed by atoms with Crippen LogP contribution in [0.25, 0.3) is 0 Å². The predicted molar refractivity (Wildman–Crippen MR) is 73.1 cm³/mol. The molecule has 0 aromatic carbocycles. The van der Waals surface area contributed by atoms with Gasteiger partial charge in [-0.3, -0.25) is 14.5 Å². The van der Waals surface area contributed by atoms with Gasteiger partial charge in [0.15, 0.2) is 15.2 Å². The number of ether oxygens (including phenoxy) is 1. The SMILES string of the molecule is CC(=O)OCC1=C(C(=O)O)N2C(=O)[C@H](CS)[C@H]2S(=O)(=O)C1. The first-order valence-corrected chi connectivity index (χ1v) is 8.29. The quantitative estimate of drug-likeness (QED) is 0.385. The molecule has 116 valence electrons. The number of carbonyl (C=O) groups excluding carboxylic acids is 2. The van der Waals surface area contributed by atoms with E-state index < -0.39 is 57.0 Å². The molecule has 2 atom stereocenters. The van der Waals surface area contributed by atoms with E-state index in [0.717, 1.165) is 11.8 Å². The Labute approximate surface area is 126 Å². The second-order valence-electron chi connectivity index (χ2n) is 4.73. The lowest BCUT2D eigenvalue weighted by Gasteiger charge is -2.48. The van der Waals surface area contributed by atoms with Crippen molar-refractivity contribution in [3.05, 3.63) is 11.3 Å². The number of carboxylic acids is 1. The van der Waals surface area contributed by atoms with E-state index in [1.54, 1.807) is 0 Å². The first-order valence-electron chi connectivity index (χ1n) is 5.95. The highest BCUT2D eigenvalue weighted by Crippen LogP contribution is 2.40. The first-order chi connectivity index (χ1) is 9.70. The number of carboxylic acid groups (broad SMARTS) is 1. The summed E-state index contributed by atoms with van der Waals surface area (Å²) in [6, 6.07) is 0. The van der Waals surface area contributed by atoms with Crippen LogP contribution in [0.1, 0.15) is 6.92 Å². The van der Waals surface area contributed by atoms with Crippen LogP contribution in [0.5, 0.6) is 0 Å². The van der Waals surface area contributed by atoms with Crippen LogP contribution in [-0.2, 0) is 29.0 Å². The summed E-state index contributed by atoms with van der Waals surface area (Å²) in [7, 11) is -3.74. The van der Waals surface area contributed by atoms with E-state index in [2.05, 4.69) is 17.4 Å². The fraction of sp³-hybridized carbons (Fsp3) is 0.545. The molecule has 0 aromatic rings. The van der Waals surface area contributed by atoms with Gasteiger partial charge in [-0.05, 0) is 0 Å². The Kier molecular flexibility index (Phi) is 4.02. The van der Waals surface area contributed by atoms with Crippen molar-refractivity contribution in [2.24, 2.45) is 5.92 Å². The van der Waals surface area contributed by atoms with E-state index in [-0.39, 0.29) is 11.3 Å². The third kappa shape index (κ3) is 2.53. The van der Waals surface area contributed by atoms with E-state index >= 15 is 0 Å². The number of carbonyl (C=O) groups is 3. The molecule has 0 saturated carbocycles. The Morgan fingerprint density at radius 2 is 2.10 bits per heavy atom. The molecule has 2 aliphatic rings. The van der Waals surface area contributed by atoms with Crippen LogP contribution < -0.4 is 0 Å². The van der Waals surface area contributed by atoms with Crippen LogP contribution in [-0.4, -0.2) is 59.8 Å². The number of esters is 1. The molecule has 8 nitrogen and oxygen atoms in total. The van der Waals surface area contributed by atoms with E-state index in [4.69, 9.17) is 0 Å². The van der Waals surface area contributed by atoms with Gasteiger partial charge in [-0.2, -0.15) is 12.6 Å². The minimum atomic E-state index is -3.74. The van der Waals surface area contributed by atoms with Gasteiger partial charge in [0.1, 0.15) is 12.3 Å². The summed E-state index contributed by atoms with van der Waals surface area (Å²) in [6.07, 6.45) is 0. The number of hydrogen-bond acceptors (Lipinski definition) is 7. The van der Waals surface area contributed by atoms with Crippen LogP contribution in [0.2, 0.25) is 0 Å². The zero-order chi connectivity index (χ0) is 15.9. The summed E-state index contributed by atoms with van der Waals surface area (Å²) < 4.78 is 29.0. The van der Waals surface area contributed by atoms with Crippen molar-refractivity contribution in [3.63, 3.8) is 0 Å². The van der Waals surface area contributed by atoms with E-state index in [0.29, 0.717) is 0 Å².